The van der Waals surface area contributed by atoms with Crippen molar-refractivity contribution >= 4 is 39.1 Å². The van der Waals surface area contributed by atoms with Crippen LogP contribution in [0.15, 0.2) is 23.1 Å². The molecule has 2 rings (SSSR count). The standard InChI is InChI=1S/C13H16Cl2N2O3S/c1-9(18)17-7-5-10(6-8-17)16-21(19,20)12-4-2-3-11(14)13(12)15/h2-4,10,16H,5-8H2,1H3. The highest BCUT2D eigenvalue weighted by molar-refractivity contribution is 7.89. The van der Waals surface area contributed by atoms with Crippen molar-refractivity contribution in [3.8, 4) is 0 Å². The minimum Gasteiger partial charge on any atom is -0.343 e. The van der Waals surface area contributed by atoms with Crippen molar-refractivity contribution in [3.05, 3.63) is 28.2 Å². The van der Waals surface area contributed by atoms with E-state index in [0.717, 1.165) is 0 Å². The SMILES string of the molecule is CC(=O)N1CCC(NS(=O)(=O)c2cccc(Cl)c2Cl)CC1. The molecule has 0 unspecified atom stereocenters. The van der Waals surface area contributed by atoms with Gasteiger partial charge >= 0.3 is 0 Å². The molecule has 1 aliphatic rings. The van der Waals surface area contributed by atoms with E-state index in [-0.39, 0.29) is 26.9 Å². The molecule has 116 valence electrons. The average Bonchev–Trinajstić information content (AvgIpc) is 2.41. The number of hydrogen-bond acceptors (Lipinski definition) is 3. The first-order valence-corrected chi connectivity index (χ1v) is 8.77. The molecule has 0 aromatic heterocycles. The summed E-state index contributed by atoms with van der Waals surface area (Å²) in [5.41, 5.74) is 0. The minimum atomic E-state index is -3.72. The van der Waals surface area contributed by atoms with Gasteiger partial charge < -0.3 is 4.90 Å². The highest BCUT2D eigenvalue weighted by Crippen LogP contribution is 2.29. The van der Waals surface area contributed by atoms with Gasteiger partial charge in [-0.1, -0.05) is 29.3 Å². The van der Waals surface area contributed by atoms with Gasteiger partial charge in [0.05, 0.1) is 10.0 Å². The van der Waals surface area contributed by atoms with Crippen molar-refractivity contribution in [2.45, 2.75) is 30.7 Å². The molecule has 0 aliphatic carbocycles. The van der Waals surface area contributed by atoms with Gasteiger partial charge in [-0.15, -0.1) is 0 Å². The first kappa shape index (κ1) is 16.5. The lowest BCUT2D eigenvalue weighted by Gasteiger charge is -2.31. The lowest BCUT2D eigenvalue weighted by atomic mass is 10.1. The lowest BCUT2D eigenvalue weighted by Crippen LogP contribution is -2.45. The summed E-state index contributed by atoms with van der Waals surface area (Å²) in [7, 11) is -3.72. The van der Waals surface area contributed by atoms with Crippen LogP contribution in [0.1, 0.15) is 19.8 Å². The Morgan fingerprint density at radius 3 is 2.48 bits per heavy atom. The van der Waals surface area contributed by atoms with E-state index >= 15 is 0 Å². The number of rotatable bonds is 3. The molecule has 1 heterocycles. The van der Waals surface area contributed by atoms with Crippen LogP contribution in [0, 0.1) is 0 Å². The fourth-order valence-corrected chi connectivity index (χ4v) is 4.35. The number of halogens is 2. The van der Waals surface area contributed by atoms with E-state index in [2.05, 4.69) is 4.72 Å². The number of likely N-dealkylation sites (tertiary alicyclic amines) is 1. The third-order valence-corrected chi connectivity index (χ3v) is 5.96. The van der Waals surface area contributed by atoms with Crippen LogP contribution in [0.3, 0.4) is 0 Å². The van der Waals surface area contributed by atoms with Crippen LogP contribution in [0.5, 0.6) is 0 Å². The highest BCUT2D eigenvalue weighted by Gasteiger charge is 2.27. The zero-order chi connectivity index (χ0) is 15.6. The van der Waals surface area contributed by atoms with E-state index < -0.39 is 10.0 Å². The second-order valence-electron chi connectivity index (χ2n) is 4.95. The molecule has 1 aliphatic heterocycles. The Labute approximate surface area is 134 Å². The molecule has 0 saturated carbocycles. The van der Waals surface area contributed by atoms with Gasteiger partial charge in [-0.05, 0) is 25.0 Å². The van der Waals surface area contributed by atoms with Crippen LogP contribution >= 0.6 is 23.2 Å². The van der Waals surface area contributed by atoms with E-state index in [4.69, 9.17) is 23.2 Å². The van der Waals surface area contributed by atoms with E-state index in [1.165, 1.54) is 19.1 Å². The summed E-state index contributed by atoms with van der Waals surface area (Å²) in [6.45, 7) is 2.60. The Balaban J connectivity index is 2.09. The van der Waals surface area contributed by atoms with Crippen LogP contribution < -0.4 is 4.72 Å². The zero-order valence-electron chi connectivity index (χ0n) is 11.5. The number of sulfonamides is 1. The number of amides is 1. The number of nitrogens with zero attached hydrogens (tertiary/aromatic N) is 1. The molecule has 1 N–H and O–H groups in total. The number of carbonyl (C=O) groups excluding carboxylic acids is 1. The molecule has 0 atom stereocenters. The second-order valence-corrected chi connectivity index (χ2v) is 7.42. The van der Waals surface area contributed by atoms with E-state index in [0.29, 0.717) is 25.9 Å². The molecule has 1 fully saturated rings. The normalized spacial score (nSPS) is 17.0. The number of carbonyl (C=O) groups is 1. The number of piperidine rings is 1. The Kier molecular flexibility index (Phi) is 5.14. The predicted molar refractivity (Wildman–Crippen MR) is 82.1 cm³/mol. The second kappa shape index (κ2) is 6.52. The number of benzene rings is 1. The molecule has 1 saturated heterocycles. The van der Waals surface area contributed by atoms with Gasteiger partial charge in [-0.25, -0.2) is 13.1 Å². The summed E-state index contributed by atoms with van der Waals surface area (Å²) in [6, 6.07) is 4.29. The zero-order valence-corrected chi connectivity index (χ0v) is 13.8. The van der Waals surface area contributed by atoms with Gasteiger partial charge in [0.15, 0.2) is 0 Å². The van der Waals surface area contributed by atoms with Crippen molar-refractivity contribution in [2.24, 2.45) is 0 Å². The fourth-order valence-electron chi connectivity index (χ4n) is 2.29. The fraction of sp³-hybridized carbons (Fsp3) is 0.462. The van der Waals surface area contributed by atoms with Gasteiger partial charge in [0, 0.05) is 26.1 Å². The maximum atomic E-state index is 12.4. The topological polar surface area (TPSA) is 66.5 Å². The molecular weight excluding hydrogens is 335 g/mol. The molecule has 1 aromatic carbocycles. The third-order valence-electron chi connectivity index (χ3n) is 3.47. The van der Waals surface area contributed by atoms with Crippen molar-refractivity contribution in [3.63, 3.8) is 0 Å². The maximum Gasteiger partial charge on any atom is 0.242 e. The van der Waals surface area contributed by atoms with E-state index in [1.54, 1.807) is 11.0 Å². The number of nitrogens with one attached hydrogen (secondary N) is 1. The monoisotopic (exact) mass is 350 g/mol. The summed E-state index contributed by atoms with van der Waals surface area (Å²) in [5, 5.41) is 0.221. The van der Waals surface area contributed by atoms with Gasteiger partial charge in [0.1, 0.15) is 4.90 Å². The summed E-state index contributed by atoms with van der Waals surface area (Å²) in [4.78, 5) is 12.9. The Morgan fingerprint density at radius 1 is 1.29 bits per heavy atom. The minimum absolute atomic E-state index is 0.00851. The molecule has 0 spiro atoms. The van der Waals surface area contributed by atoms with Crippen molar-refractivity contribution in [2.75, 3.05) is 13.1 Å². The third kappa shape index (κ3) is 3.88. The molecule has 0 radical (unpaired) electrons. The molecule has 1 amide bonds. The Hall–Kier alpha value is -0.820. The molecular formula is C13H16Cl2N2O3S. The average molecular weight is 351 g/mol. The maximum absolute atomic E-state index is 12.4. The van der Waals surface area contributed by atoms with Crippen molar-refractivity contribution in [1.29, 1.82) is 0 Å². The van der Waals surface area contributed by atoms with Gasteiger partial charge in [-0.2, -0.15) is 0 Å². The summed E-state index contributed by atoms with van der Waals surface area (Å²) >= 11 is 11.8. The Morgan fingerprint density at radius 2 is 1.90 bits per heavy atom. The Bertz CT molecular complexity index is 641. The summed E-state index contributed by atoms with van der Waals surface area (Å²) < 4.78 is 27.3. The van der Waals surface area contributed by atoms with Crippen LogP contribution in [-0.4, -0.2) is 38.4 Å². The number of hydrogen-bond donors (Lipinski definition) is 1. The smallest absolute Gasteiger partial charge is 0.242 e. The van der Waals surface area contributed by atoms with E-state index in [9.17, 15) is 13.2 Å². The first-order chi connectivity index (χ1) is 9.81. The largest absolute Gasteiger partial charge is 0.343 e. The van der Waals surface area contributed by atoms with Crippen molar-refractivity contribution in [1.82, 2.24) is 9.62 Å². The van der Waals surface area contributed by atoms with Crippen LogP contribution in [0.2, 0.25) is 10.0 Å². The molecule has 8 heteroatoms. The predicted octanol–water partition coefficient (Wildman–Crippen LogP) is 2.28. The summed E-state index contributed by atoms with van der Waals surface area (Å²) in [6.07, 6.45) is 1.16. The van der Waals surface area contributed by atoms with Crippen LogP contribution in [0.25, 0.3) is 0 Å². The van der Waals surface area contributed by atoms with Gasteiger partial charge in [-0.3, -0.25) is 4.79 Å². The molecule has 21 heavy (non-hydrogen) atoms. The lowest BCUT2D eigenvalue weighted by molar-refractivity contribution is -0.129. The van der Waals surface area contributed by atoms with Gasteiger partial charge in [0.25, 0.3) is 0 Å². The first-order valence-electron chi connectivity index (χ1n) is 6.53. The van der Waals surface area contributed by atoms with Crippen molar-refractivity contribution < 1.29 is 13.2 Å². The summed E-state index contributed by atoms with van der Waals surface area (Å²) in [5.74, 6) is 0.00851. The quantitative estimate of drug-likeness (QED) is 0.909. The highest BCUT2D eigenvalue weighted by atomic mass is 35.5. The molecule has 5 nitrogen and oxygen atoms in total. The van der Waals surface area contributed by atoms with Crippen LogP contribution in [-0.2, 0) is 14.8 Å². The van der Waals surface area contributed by atoms with Crippen LogP contribution in [0.4, 0.5) is 0 Å². The molecule has 0 bridgehead atoms. The van der Waals surface area contributed by atoms with Gasteiger partial charge in [0.2, 0.25) is 15.9 Å². The molecule has 1 aromatic rings. The van der Waals surface area contributed by atoms with E-state index in [1.807, 2.05) is 0 Å².